The lowest BCUT2D eigenvalue weighted by atomic mass is 9.80. The molecule has 2 N–H and O–H groups in total. The highest BCUT2D eigenvalue weighted by molar-refractivity contribution is 5.79. The normalized spacial score (nSPS) is 17.8. The maximum absolute atomic E-state index is 12.1. The fraction of sp³-hybridized carbons (Fsp3) is 0.611. The van der Waals surface area contributed by atoms with Gasteiger partial charge in [-0.2, -0.15) is 0 Å². The molecule has 2 rings (SSSR count). The van der Waals surface area contributed by atoms with Crippen molar-refractivity contribution in [3.8, 4) is 0 Å². The Bertz CT molecular complexity index is 427. The minimum absolute atomic E-state index is 0.444. The maximum atomic E-state index is 12.1. The topological polar surface area (TPSA) is 43.1 Å². The van der Waals surface area contributed by atoms with E-state index in [9.17, 15) is 4.79 Å². The van der Waals surface area contributed by atoms with Crippen LogP contribution in [0.5, 0.6) is 0 Å². The van der Waals surface area contributed by atoms with Gasteiger partial charge < -0.3 is 5.73 Å². The maximum Gasteiger partial charge on any atom is 0.133 e. The van der Waals surface area contributed by atoms with Crippen LogP contribution in [0, 0.1) is 0 Å². The van der Waals surface area contributed by atoms with Crippen molar-refractivity contribution in [2.75, 3.05) is 6.54 Å². The van der Waals surface area contributed by atoms with Gasteiger partial charge in [0.2, 0.25) is 0 Å². The van der Waals surface area contributed by atoms with E-state index in [1.807, 2.05) is 0 Å². The molecule has 1 unspecified atom stereocenters. The lowest BCUT2D eigenvalue weighted by Crippen LogP contribution is -2.13. The van der Waals surface area contributed by atoms with Crippen LogP contribution in [0.4, 0.5) is 0 Å². The summed E-state index contributed by atoms with van der Waals surface area (Å²) in [5, 5.41) is 0. The van der Waals surface area contributed by atoms with Crippen LogP contribution in [0.2, 0.25) is 0 Å². The number of hydrogen-bond donors (Lipinski definition) is 1. The zero-order chi connectivity index (χ0) is 14.2. The number of ketones is 1. The number of carbonyl (C=O) groups is 1. The van der Waals surface area contributed by atoms with Crippen molar-refractivity contribution in [1.29, 1.82) is 0 Å². The Labute approximate surface area is 122 Å². The molecular formula is C18H27NO. The smallest absolute Gasteiger partial charge is 0.133 e. The molecule has 1 aromatic rings. The molecule has 0 bridgehead atoms. The summed E-state index contributed by atoms with van der Waals surface area (Å²) in [6.07, 6.45) is 9.51. The first-order valence-electron chi connectivity index (χ1n) is 8.11. The molecule has 0 spiro atoms. The van der Waals surface area contributed by atoms with Crippen molar-refractivity contribution in [1.82, 2.24) is 0 Å². The second-order valence-electron chi connectivity index (χ2n) is 5.98. The Kier molecular flexibility index (Phi) is 6.25. The molecular weight excluding hydrogens is 246 g/mol. The van der Waals surface area contributed by atoms with Gasteiger partial charge in [-0.3, -0.25) is 4.79 Å². The molecule has 0 aliphatic heterocycles. The summed E-state index contributed by atoms with van der Waals surface area (Å²) >= 11 is 0. The largest absolute Gasteiger partial charge is 0.330 e. The van der Waals surface area contributed by atoms with Crippen LogP contribution in [0.15, 0.2) is 24.3 Å². The number of Topliss-reactive ketones (excluding diaryl/α,β-unsaturated/α-hetero) is 1. The molecule has 2 heteroatoms. The van der Waals surface area contributed by atoms with E-state index in [1.165, 1.54) is 30.4 Å². The molecule has 1 aromatic carbocycles. The summed E-state index contributed by atoms with van der Waals surface area (Å²) in [7, 11) is 0. The second kappa shape index (κ2) is 8.21. The van der Waals surface area contributed by atoms with Crippen LogP contribution >= 0.6 is 0 Å². The molecule has 0 aromatic heterocycles. The van der Waals surface area contributed by atoms with Gasteiger partial charge in [0.15, 0.2) is 0 Å². The molecule has 0 saturated carbocycles. The summed E-state index contributed by atoms with van der Waals surface area (Å²) in [6, 6.07) is 8.65. The van der Waals surface area contributed by atoms with Gasteiger partial charge in [0, 0.05) is 12.8 Å². The van der Waals surface area contributed by atoms with Gasteiger partial charge in [-0.05, 0) is 55.7 Å². The van der Waals surface area contributed by atoms with E-state index in [0.29, 0.717) is 11.7 Å². The highest BCUT2D eigenvalue weighted by Crippen LogP contribution is 2.34. The van der Waals surface area contributed by atoms with Crippen LogP contribution in [0.25, 0.3) is 0 Å². The molecule has 1 atom stereocenters. The number of benzene rings is 1. The quantitative estimate of drug-likeness (QED) is 0.728. The zero-order valence-corrected chi connectivity index (χ0v) is 12.4. The summed E-state index contributed by atoms with van der Waals surface area (Å²) in [4.78, 5) is 12.1. The number of nitrogens with two attached hydrogens (primary N) is 1. The van der Waals surface area contributed by atoms with Gasteiger partial charge in [-0.1, -0.05) is 37.1 Å². The molecule has 2 nitrogen and oxygen atoms in total. The van der Waals surface area contributed by atoms with E-state index >= 15 is 0 Å². The SMILES string of the molecule is NCCCCCCC(=O)CC1CCCc2ccccc21. The number of hydrogen-bond acceptors (Lipinski definition) is 2. The van der Waals surface area contributed by atoms with E-state index < -0.39 is 0 Å². The molecule has 0 saturated heterocycles. The van der Waals surface area contributed by atoms with E-state index in [2.05, 4.69) is 24.3 Å². The second-order valence-corrected chi connectivity index (χ2v) is 5.98. The third-order valence-corrected chi connectivity index (χ3v) is 4.38. The average molecular weight is 273 g/mol. The van der Waals surface area contributed by atoms with Crippen molar-refractivity contribution >= 4 is 5.78 Å². The highest BCUT2D eigenvalue weighted by Gasteiger charge is 2.21. The highest BCUT2D eigenvalue weighted by atomic mass is 16.1. The van der Waals surface area contributed by atoms with E-state index in [0.717, 1.165) is 45.1 Å². The van der Waals surface area contributed by atoms with Crippen molar-refractivity contribution in [3.05, 3.63) is 35.4 Å². The van der Waals surface area contributed by atoms with E-state index in [4.69, 9.17) is 5.73 Å². The van der Waals surface area contributed by atoms with Gasteiger partial charge in [0.05, 0.1) is 0 Å². The van der Waals surface area contributed by atoms with Crippen LogP contribution in [-0.4, -0.2) is 12.3 Å². The predicted molar refractivity (Wildman–Crippen MR) is 83.9 cm³/mol. The van der Waals surface area contributed by atoms with Crippen LogP contribution < -0.4 is 5.73 Å². The summed E-state index contributed by atoms with van der Waals surface area (Å²) in [5.74, 6) is 0.913. The Morgan fingerprint density at radius 2 is 1.95 bits per heavy atom. The first-order valence-corrected chi connectivity index (χ1v) is 8.11. The lowest BCUT2D eigenvalue weighted by molar-refractivity contribution is -0.119. The fourth-order valence-electron chi connectivity index (χ4n) is 3.26. The van der Waals surface area contributed by atoms with Crippen LogP contribution in [0.1, 0.15) is 68.4 Å². The lowest BCUT2D eigenvalue weighted by Gasteiger charge is -2.24. The first kappa shape index (κ1) is 15.2. The molecule has 110 valence electrons. The number of aryl methyl sites for hydroxylation is 1. The van der Waals surface area contributed by atoms with Gasteiger partial charge in [0.25, 0.3) is 0 Å². The first-order chi connectivity index (χ1) is 9.81. The molecule has 20 heavy (non-hydrogen) atoms. The minimum atomic E-state index is 0.444. The number of carbonyl (C=O) groups excluding carboxylic acids is 1. The van der Waals surface area contributed by atoms with Crippen LogP contribution in [0.3, 0.4) is 0 Å². The standard InChI is InChI=1S/C18H27NO/c19-13-6-2-1-3-11-17(20)14-16-10-7-9-15-8-4-5-12-18(15)16/h4-5,8,12,16H,1-3,6-7,9-11,13-14,19H2. The predicted octanol–water partition coefficient (Wildman–Crippen LogP) is 3.97. The van der Waals surface area contributed by atoms with Gasteiger partial charge >= 0.3 is 0 Å². The monoisotopic (exact) mass is 273 g/mol. The van der Waals surface area contributed by atoms with Crippen molar-refractivity contribution < 1.29 is 4.79 Å². The van der Waals surface area contributed by atoms with Gasteiger partial charge in [-0.15, -0.1) is 0 Å². The Balaban J connectivity index is 1.78. The average Bonchev–Trinajstić information content (AvgIpc) is 2.47. The fourth-order valence-corrected chi connectivity index (χ4v) is 3.26. The molecule has 0 heterocycles. The Hall–Kier alpha value is -1.15. The Morgan fingerprint density at radius 3 is 2.80 bits per heavy atom. The third kappa shape index (κ3) is 4.45. The van der Waals surface area contributed by atoms with Gasteiger partial charge in [0.1, 0.15) is 5.78 Å². The molecule has 1 aliphatic rings. The summed E-state index contributed by atoms with van der Waals surface area (Å²) in [5.41, 5.74) is 8.36. The van der Waals surface area contributed by atoms with Crippen molar-refractivity contribution in [2.24, 2.45) is 5.73 Å². The van der Waals surface area contributed by atoms with Crippen molar-refractivity contribution in [3.63, 3.8) is 0 Å². The molecule has 0 amide bonds. The third-order valence-electron chi connectivity index (χ3n) is 4.38. The van der Waals surface area contributed by atoms with Gasteiger partial charge in [-0.25, -0.2) is 0 Å². The molecule has 0 fully saturated rings. The number of rotatable bonds is 8. The Morgan fingerprint density at radius 1 is 1.15 bits per heavy atom. The zero-order valence-electron chi connectivity index (χ0n) is 12.4. The summed E-state index contributed by atoms with van der Waals surface area (Å²) in [6.45, 7) is 0.771. The van der Waals surface area contributed by atoms with Crippen LogP contribution in [-0.2, 0) is 11.2 Å². The summed E-state index contributed by atoms with van der Waals surface area (Å²) < 4.78 is 0. The number of unbranched alkanes of at least 4 members (excludes halogenated alkanes) is 3. The minimum Gasteiger partial charge on any atom is -0.330 e. The number of fused-ring (bicyclic) bond motifs is 1. The van der Waals surface area contributed by atoms with E-state index in [-0.39, 0.29) is 0 Å². The molecule has 1 aliphatic carbocycles. The van der Waals surface area contributed by atoms with E-state index in [1.54, 1.807) is 0 Å². The molecule has 0 radical (unpaired) electrons. The van der Waals surface area contributed by atoms with Crippen molar-refractivity contribution in [2.45, 2.75) is 63.7 Å².